The number of aryl methyl sites for hydroxylation is 1. The van der Waals surface area contributed by atoms with Gasteiger partial charge in [0, 0.05) is 13.2 Å². The summed E-state index contributed by atoms with van der Waals surface area (Å²) in [5.41, 5.74) is 5.54. The number of sulfonamides is 1. The van der Waals surface area contributed by atoms with Crippen LogP contribution in [0.3, 0.4) is 0 Å². The third kappa shape index (κ3) is 2.33. The molecule has 18 heavy (non-hydrogen) atoms. The van der Waals surface area contributed by atoms with Gasteiger partial charge < -0.3 is 5.73 Å². The quantitative estimate of drug-likeness (QED) is 0.664. The minimum Gasteiger partial charge on any atom is -0.381 e. The van der Waals surface area contributed by atoms with Gasteiger partial charge in [0.05, 0.1) is 6.04 Å². The second kappa shape index (κ2) is 4.38. The molecule has 0 fully saturated rings. The molecule has 1 atom stereocenters. The first-order valence-corrected chi connectivity index (χ1v) is 6.55. The number of hydrogen-bond acceptors (Lipinski definition) is 6. The second-order valence-corrected chi connectivity index (χ2v) is 5.45. The van der Waals surface area contributed by atoms with Crippen LogP contribution in [0.5, 0.6) is 0 Å². The van der Waals surface area contributed by atoms with Crippen molar-refractivity contribution in [3.63, 3.8) is 0 Å². The lowest BCUT2D eigenvalue weighted by molar-refractivity contribution is 0.560. The highest BCUT2D eigenvalue weighted by Crippen LogP contribution is 2.18. The van der Waals surface area contributed by atoms with Crippen molar-refractivity contribution in [1.29, 1.82) is 0 Å². The van der Waals surface area contributed by atoms with Crippen molar-refractivity contribution < 1.29 is 8.42 Å². The van der Waals surface area contributed by atoms with Crippen LogP contribution >= 0.6 is 0 Å². The van der Waals surface area contributed by atoms with Gasteiger partial charge in [0.2, 0.25) is 10.0 Å². The molecule has 10 heteroatoms. The van der Waals surface area contributed by atoms with Crippen molar-refractivity contribution in [2.75, 3.05) is 5.73 Å². The molecule has 0 amide bonds. The van der Waals surface area contributed by atoms with Gasteiger partial charge in [-0.3, -0.25) is 9.78 Å². The molecule has 0 spiro atoms. The average molecular weight is 271 g/mol. The molecule has 98 valence electrons. The largest absolute Gasteiger partial charge is 0.381 e. The summed E-state index contributed by atoms with van der Waals surface area (Å²) in [6.45, 7) is 1.64. The van der Waals surface area contributed by atoms with E-state index in [1.165, 1.54) is 17.2 Å². The zero-order valence-electron chi connectivity index (χ0n) is 9.82. The number of nitrogen functional groups attached to an aromatic ring is 1. The molecule has 2 rings (SSSR count). The highest BCUT2D eigenvalue weighted by molar-refractivity contribution is 7.89. The molecule has 0 aliphatic rings. The van der Waals surface area contributed by atoms with Gasteiger partial charge in [-0.1, -0.05) is 0 Å². The number of nitrogens with zero attached hydrogens (tertiary/aromatic N) is 4. The molecule has 2 aromatic rings. The minimum atomic E-state index is -3.74. The maximum absolute atomic E-state index is 12.1. The van der Waals surface area contributed by atoms with E-state index in [1.807, 2.05) is 0 Å². The Kier molecular flexibility index (Phi) is 3.05. The number of anilines is 1. The van der Waals surface area contributed by atoms with Gasteiger partial charge in [-0.15, -0.1) is 0 Å². The number of rotatable bonds is 4. The van der Waals surface area contributed by atoms with Crippen LogP contribution in [-0.4, -0.2) is 33.4 Å². The van der Waals surface area contributed by atoms with Gasteiger partial charge in [-0.25, -0.2) is 18.1 Å². The van der Waals surface area contributed by atoms with E-state index in [9.17, 15) is 8.42 Å². The normalized spacial score (nSPS) is 13.7. The smallest absolute Gasteiger partial charge is 0.246 e. The van der Waals surface area contributed by atoms with Crippen LogP contribution in [0.2, 0.25) is 0 Å². The topological polar surface area (TPSA) is 132 Å². The molecule has 2 aromatic heterocycles. The van der Waals surface area contributed by atoms with Gasteiger partial charge in [0.1, 0.15) is 17.0 Å². The Morgan fingerprint density at radius 1 is 1.56 bits per heavy atom. The maximum Gasteiger partial charge on any atom is 0.246 e. The second-order valence-electron chi connectivity index (χ2n) is 3.77. The van der Waals surface area contributed by atoms with E-state index in [2.05, 4.69) is 25.0 Å². The van der Waals surface area contributed by atoms with E-state index in [1.54, 1.807) is 14.0 Å². The zero-order valence-corrected chi connectivity index (χ0v) is 10.6. The van der Waals surface area contributed by atoms with E-state index >= 15 is 0 Å². The van der Waals surface area contributed by atoms with Crippen molar-refractivity contribution in [3.8, 4) is 0 Å². The molecule has 0 aromatic carbocycles. The molecule has 0 aliphatic carbocycles. The standard InChI is InChI=1S/C8H13N7O2S/c1-5(8-10-4-11-12-8)14-18(16,17)6-3-15(2)13-7(6)9/h3-5,14H,1-2H3,(H2,9,13)(H,10,11,12). The van der Waals surface area contributed by atoms with E-state index in [0.717, 1.165) is 0 Å². The Labute approximate surface area is 103 Å². The lowest BCUT2D eigenvalue weighted by atomic mass is 10.3. The summed E-state index contributed by atoms with van der Waals surface area (Å²) in [5, 5.41) is 10.0. The molecule has 0 bridgehead atoms. The Morgan fingerprint density at radius 2 is 2.28 bits per heavy atom. The van der Waals surface area contributed by atoms with Crippen molar-refractivity contribution in [2.24, 2.45) is 7.05 Å². The summed E-state index contributed by atoms with van der Waals surface area (Å²) in [4.78, 5) is 3.82. The van der Waals surface area contributed by atoms with Crippen LogP contribution in [0.1, 0.15) is 18.8 Å². The van der Waals surface area contributed by atoms with Crippen LogP contribution in [0.4, 0.5) is 5.82 Å². The first kappa shape index (κ1) is 12.5. The van der Waals surface area contributed by atoms with Gasteiger partial charge in [0.25, 0.3) is 0 Å². The van der Waals surface area contributed by atoms with Crippen LogP contribution in [0.15, 0.2) is 17.4 Å². The van der Waals surface area contributed by atoms with Gasteiger partial charge in [0.15, 0.2) is 5.82 Å². The fourth-order valence-corrected chi connectivity index (χ4v) is 2.78. The number of aromatic nitrogens is 5. The number of H-pyrrole nitrogens is 1. The molecule has 9 nitrogen and oxygen atoms in total. The van der Waals surface area contributed by atoms with Crippen LogP contribution in [0.25, 0.3) is 0 Å². The Morgan fingerprint density at radius 3 is 2.78 bits per heavy atom. The van der Waals surface area contributed by atoms with Crippen molar-refractivity contribution in [3.05, 3.63) is 18.3 Å². The summed E-state index contributed by atoms with van der Waals surface area (Å²) >= 11 is 0. The van der Waals surface area contributed by atoms with Crippen molar-refractivity contribution >= 4 is 15.8 Å². The number of nitrogens with two attached hydrogens (primary N) is 1. The highest BCUT2D eigenvalue weighted by Gasteiger charge is 2.24. The van der Waals surface area contributed by atoms with E-state index in [0.29, 0.717) is 5.82 Å². The molecule has 4 N–H and O–H groups in total. The number of nitrogens with one attached hydrogen (secondary N) is 2. The highest BCUT2D eigenvalue weighted by atomic mass is 32.2. The first-order valence-electron chi connectivity index (χ1n) is 5.07. The molecular formula is C8H13N7O2S. The van der Waals surface area contributed by atoms with Crippen molar-refractivity contribution in [2.45, 2.75) is 17.9 Å². The molecular weight excluding hydrogens is 258 g/mol. The fraction of sp³-hybridized carbons (Fsp3) is 0.375. The predicted molar refractivity (Wildman–Crippen MR) is 62.7 cm³/mol. The van der Waals surface area contributed by atoms with Gasteiger partial charge >= 0.3 is 0 Å². The lowest BCUT2D eigenvalue weighted by Crippen LogP contribution is -2.28. The molecule has 1 unspecified atom stereocenters. The summed E-state index contributed by atoms with van der Waals surface area (Å²) in [5.74, 6) is 0.371. The minimum absolute atomic E-state index is 0.0465. The Bertz CT molecular complexity index is 630. The SMILES string of the molecule is CC(NS(=O)(=O)c1cn(C)nc1N)c1ncn[nH]1. The predicted octanol–water partition coefficient (Wildman–Crippen LogP) is -0.840. The zero-order chi connectivity index (χ0) is 13.3. The third-order valence-electron chi connectivity index (χ3n) is 2.29. The summed E-state index contributed by atoms with van der Waals surface area (Å²) in [6.07, 6.45) is 2.64. The maximum atomic E-state index is 12.1. The summed E-state index contributed by atoms with van der Waals surface area (Å²) in [6, 6.07) is -0.544. The van der Waals surface area contributed by atoms with Crippen LogP contribution < -0.4 is 10.5 Å². The van der Waals surface area contributed by atoms with E-state index in [-0.39, 0.29) is 10.7 Å². The molecule has 0 aliphatic heterocycles. The third-order valence-corrected chi connectivity index (χ3v) is 3.84. The van der Waals surface area contributed by atoms with Gasteiger partial charge in [-0.2, -0.15) is 10.2 Å². The van der Waals surface area contributed by atoms with E-state index in [4.69, 9.17) is 5.73 Å². The van der Waals surface area contributed by atoms with Crippen LogP contribution in [-0.2, 0) is 17.1 Å². The average Bonchev–Trinajstić information content (AvgIpc) is 2.86. The monoisotopic (exact) mass is 271 g/mol. The number of hydrogen-bond donors (Lipinski definition) is 3. The lowest BCUT2D eigenvalue weighted by Gasteiger charge is -2.10. The Balaban J connectivity index is 2.25. The molecule has 0 radical (unpaired) electrons. The molecule has 0 saturated carbocycles. The molecule has 2 heterocycles. The van der Waals surface area contributed by atoms with Crippen LogP contribution in [0, 0.1) is 0 Å². The van der Waals surface area contributed by atoms with E-state index < -0.39 is 16.1 Å². The van der Waals surface area contributed by atoms with Gasteiger partial charge in [-0.05, 0) is 6.92 Å². The fourth-order valence-electron chi connectivity index (χ4n) is 1.47. The molecule has 0 saturated heterocycles. The number of aromatic amines is 1. The Hall–Kier alpha value is -1.94. The summed E-state index contributed by atoms with van der Waals surface area (Å²) in [7, 11) is -2.15. The summed E-state index contributed by atoms with van der Waals surface area (Å²) < 4.78 is 27.9. The first-order chi connectivity index (χ1) is 8.40. The van der Waals surface area contributed by atoms with Crippen molar-refractivity contribution in [1.82, 2.24) is 29.7 Å².